The van der Waals surface area contributed by atoms with Crippen molar-refractivity contribution in [3.8, 4) is 0 Å². The fourth-order valence-corrected chi connectivity index (χ4v) is 2.51. The predicted octanol–water partition coefficient (Wildman–Crippen LogP) is 1.83. The quantitative estimate of drug-likeness (QED) is 0.868. The summed E-state index contributed by atoms with van der Waals surface area (Å²) in [5.74, 6) is 0. The number of hydrogen-bond donors (Lipinski definition) is 1. The zero-order valence-corrected chi connectivity index (χ0v) is 11.1. The number of nitrogens with one attached hydrogen (secondary N) is 1. The van der Waals surface area contributed by atoms with Crippen molar-refractivity contribution >= 4 is 0 Å². The van der Waals surface area contributed by atoms with Crippen LogP contribution in [0.4, 0.5) is 0 Å². The maximum absolute atomic E-state index is 5.61. The first-order valence-electron chi connectivity index (χ1n) is 6.56. The highest BCUT2D eigenvalue weighted by Crippen LogP contribution is 2.21. The van der Waals surface area contributed by atoms with Crippen LogP contribution in [-0.2, 0) is 4.74 Å². The lowest BCUT2D eigenvalue weighted by molar-refractivity contribution is 0.0319. The van der Waals surface area contributed by atoms with Gasteiger partial charge in [0.15, 0.2) is 0 Å². The van der Waals surface area contributed by atoms with Gasteiger partial charge in [0.1, 0.15) is 0 Å². The van der Waals surface area contributed by atoms with Crippen molar-refractivity contribution in [3.05, 3.63) is 17.5 Å². The van der Waals surface area contributed by atoms with Gasteiger partial charge in [-0.05, 0) is 39.3 Å². The van der Waals surface area contributed by atoms with E-state index in [2.05, 4.69) is 35.0 Å². The Hall–Kier alpha value is -0.870. The molecule has 2 unspecified atom stereocenters. The fraction of sp³-hybridized carbons (Fsp3) is 0.769. The van der Waals surface area contributed by atoms with Gasteiger partial charge < -0.3 is 10.1 Å². The van der Waals surface area contributed by atoms with Crippen LogP contribution in [-0.4, -0.2) is 35.6 Å². The second kappa shape index (κ2) is 5.65. The molecule has 0 bridgehead atoms. The van der Waals surface area contributed by atoms with E-state index in [0.29, 0.717) is 12.1 Å². The number of ether oxygens (including phenoxy) is 1. The summed E-state index contributed by atoms with van der Waals surface area (Å²) < 4.78 is 7.74. The molecule has 1 saturated heterocycles. The van der Waals surface area contributed by atoms with Gasteiger partial charge in [-0.15, -0.1) is 0 Å². The number of aryl methyl sites for hydroxylation is 2. The van der Waals surface area contributed by atoms with E-state index in [1.54, 1.807) is 0 Å². The average molecular weight is 237 g/mol. The smallest absolute Gasteiger partial charge is 0.0909 e. The maximum atomic E-state index is 5.61. The van der Waals surface area contributed by atoms with Gasteiger partial charge in [-0.2, -0.15) is 5.10 Å². The SMILES string of the molecule is CCCNC1CCOCC1n1nc(C)cc1C. The van der Waals surface area contributed by atoms with Crippen molar-refractivity contribution in [3.63, 3.8) is 0 Å². The van der Waals surface area contributed by atoms with Gasteiger partial charge in [0.05, 0.1) is 18.3 Å². The summed E-state index contributed by atoms with van der Waals surface area (Å²) in [6, 6.07) is 2.96. The second-order valence-corrected chi connectivity index (χ2v) is 4.86. The van der Waals surface area contributed by atoms with Crippen LogP contribution in [0.5, 0.6) is 0 Å². The van der Waals surface area contributed by atoms with Crippen LogP contribution in [0.1, 0.15) is 37.2 Å². The molecule has 2 heterocycles. The molecule has 96 valence electrons. The number of nitrogens with zero attached hydrogens (tertiary/aromatic N) is 2. The van der Waals surface area contributed by atoms with Gasteiger partial charge in [-0.1, -0.05) is 6.92 Å². The van der Waals surface area contributed by atoms with Gasteiger partial charge in [-0.25, -0.2) is 0 Å². The van der Waals surface area contributed by atoms with E-state index in [1.165, 1.54) is 12.1 Å². The van der Waals surface area contributed by atoms with Crippen LogP contribution >= 0.6 is 0 Å². The average Bonchev–Trinajstić information content (AvgIpc) is 2.66. The van der Waals surface area contributed by atoms with Crippen LogP contribution in [0.25, 0.3) is 0 Å². The number of aromatic nitrogens is 2. The summed E-state index contributed by atoms with van der Waals surface area (Å²) in [6.07, 6.45) is 2.24. The second-order valence-electron chi connectivity index (χ2n) is 4.86. The third kappa shape index (κ3) is 2.87. The lowest BCUT2D eigenvalue weighted by atomic mass is 10.0. The van der Waals surface area contributed by atoms with Gasteiger partial charge >= 0.3 is 0 Å². The van der Waals surface area contributed by atoms with Gasteiger partial charge in [0.25, 0.3) is 0 Å². The third-order valence-electron chi connectivity index (χ3n) is 3.34. The van der Waals surface area contributed by atoms with Crippen molar-refractivity contribution in [2.75, 3.05) is 19.8 Å². The van der Waals surface area contributed by atoms with Crippen LogP contribution in [0.15, 0.2) is 6.07 Å². The molecule has 2 rings (SSSR count). The van der Waals surface area contributed by atoms with Crippen molar-refractivity contribution in [2.24, 2.45) is 0 Å². The first-order valence-corrected chi connectivity index (χ1v) is 6.56. The summed E-state index contributed by atoms with van der Waals surface area (Å²) in [5, 5.41) is 8.20. The molecule has 1 N–H and O–H groups in total. The van der Waals surface area contributed by atoms with Gasteiger partial charge in [0, 0.05) is 18.3 Å². The minimum atomic E-state index is 0.337. The lowest BCUT2D eigenvalue weighted by Gasteiger charge is -2.33. The van der Waals surface area contributed by atoms with Gasteiger partial charge in [-0.3, -0.25) is 4.68 Å². The Kier molecular flexibility index (Phi) is 4.18. The summed E-state index contributed by atoms with van der Waals surface area (Å²) in [4.78, 5) is 0. The Bertz CT molecular complexity index is 362. The Morgan fingerprint density at radius 1 is 1.53 bits per heavy atom. The molecule has 4 heteroatoms. The first-order chi connectivity index (χ1) is 8.22. The Labute approximate surface area is 103 Å². The van der Waals surface area contributed by atoms with E-state index in [1.807, 2.05) is 6.92 Å². The molecule has 0 radical (unpaired) electrons. The monoisotopic (exact) mass is 237 g/mol. The van der Waals surface area contributed by atoms with Crippen LogP contribution < -0.4 is 5.32 Å². The number of hydrogen-bond acceptors (Lipinski definition) is 3. The first kappa shape index (κ1) is 12.6. The molecular formula is C13H23N3O. The molecule has 2 atom stereocenters. The normalized spacial score (nSPS) is 25.1. The van der Waals surface area contributed by atoms with Crippen molar-refractivity contribution in [1.29, 1.82) is 0 Å². The standard InChI is InChI=1S/C13H23N3O/c1-4-6-14-12-5-7-17-9-13(12)16-11(3)8-10(2)15-16/h8,12-14H,4-7,9H2,1-3H3. The van der Waals surface area contributed by atoms with Crippen LogP contribution in [0, 0.1) is 13.8 Å². The molecule has 17 heavy (non-hydrogen) atoms. The highest BCUT2D eigenvalue weighted by Gasteiger charge is 2.28. The van der Waals surface area contributed by atoms with Crippen molar-refractivity contribution in [2.45, 2.75) is 45.7 Å². The molecular weight excluding hydrogens is 214 g/mol. The van der Waals surface area contributed by atoms with Crippen molar-refractivity contribution in [1.82, 2.24) is 15.1 Å². The molecule has 0 amide bonds. The van der Waals surface area contributed by atoms with E-state index >= 15 is 0 Å². The summed E-state index contributed by atoms with van der Waals surface area (Å²) in [5.41, 5.74) is 2.31. The van der Waals surface area contributed by atoms with Crippen molar-refractivity contribution < 1.29 is 4.74 Å². The zero-order valence-electron chi connectivity index (χ0n) is 11.1. The van der Waals surface area contributed by atoms with E-state index in [-0.39, 0.29) is 0 Å². The van der Waals surface area contributed by atoms with Crippen LogP contribution in [0.3, 0.4) is 0 Å². The van der Waals surface area contributed by atoms with E-state index in [4.69, 9.17) is 4.74 Å². The molecule has 0 saturated carbocycles. The highest BCUT2D eigenvalue weighted by atomic mass is 16.5. The van der Waals surface area contributed by atoms with E-state index in [9.17, 15) is 0 Å². The summed E-state index contributed by atoms with van der Waals surface area (Å²) >= 11 is 0. The molecule has 0 spiro atoms. The Balaban J connectivity index is 2.12. The molecule has 1 aliphatic rings. The third-order valence-corrected chi connectivity index (χ3v) is 3.34. The lowest BCUT2D eigenvalue weighted by Crippen LogP contribution is -2.44. The molecule has 1 fully saturated rings. The molecule has 1 aromatic heterocycles. The largest absolute Gasteiger partial charge is 0.379 e. The minimum absolute atomic E-state index is 0.337. The molecule has 1 aliphatic heterocycles. The van der Waals surface area contributed by atoms with Gasteiger partial charge in [0.2, 0.25) is 0 Å². The molecule has 0 aliphatic carbocycles. The fourth-order valence-electron chi connectivity index (χ4n) is 2.51. The molecule has 4 nitrogen and oxygen atoms in total. The maximum Gasteiger partial charge on any atom is 0.0909 e. The van der Waals surface area contributed by atoms with E-state index < -0.39 is 0 Å². The predicted molar refractivity (Wildman–Crippen MR) is 68.3 cm³/mol. The molecule has 1 aromatic rings. The Morgan fingerprint density at radius 3 is 3.00 bits per heavy atom. The number of rotatable bonds is 4. The summed E-state index contributed by atoms with van der Waals surface area (Å²) in [7, 11) is 0. The molecule has 0 aromatic carbocycles. The zero-order chi connectivity index (χ0) is 12.3. The minimum Gasteiger partial charge on any atom is -0.379 e. The Morgan fingerprint density at radius 2 is 2.35 bits per heavy atom. The highest BCUT2D eigenvalue weighted by molar-refractivity contribution is 5.08. The van der Waals surface area contributed by atoms with E-state index in [0.717, 1.165) is 31.9 Å². The summed E-state index contributed by atoms with van der Waals surface area (Å²) in [6.45, 7) is 9.05. The van der Waals surface area contributed by atoms with Crippen LogP contribution in [0.2, 0.25) is 0 Å². The topological polar surface area (TPSA) is 39.1 Å².